The maximum atomic E-state index is 12.9. The van der Waals surface area contributed by atoms with Crippen molar-refractivity contribution in [3.63, 3.8) is 0 Å². The van der Waals surface area contributed by atoms with Crippen molar-refractivity contribution in [1.29, 1.82) is 0 Å². The van der Waals surface area contributed by atoms with Crippen LogP contribution in [0.5, 0.6) is 17.4 Å². The van der Waals surface area contributed by atoms with Gasteiger partial charge in [-0.2, -0.15) is 10.2 Å². The Balaban J connectivity index is 0.831. The van der Waals surface area contributed by atoms with E-state index < -0.39 is 18.3 Å². The molecule has 2 aromatic heterocycles. The molecule has 386 valence electrons. The number of benzene rings is 4. The second-order valence-corrected chi connectivity index (χ2v) is 17.1. The molecule has 0 saturated heterocycles. The quantitative estimate of drug-likeness (QED) is 0.0158. The number of hydrogen-bond donors (Lipinski definition) is 7. The van der Waals surface area contributed by atoms with E-state index in [0.29, 0.717) is 109 Å². The largest absolute Gasteiger partial charge is 0.494 e. The molecule has 0 saturated carbocycles. The minimum Gasteiger partial charge on any atom is -0.494 e. The Hall–Kier alpha value is -7.30. The fourth-order valence-corrected chi connectivity index (χ4v) is 7.06. The first-order valence-corrected chi connectivity index (χ1v) is 24.1. The zero-order valence-corrected chi connectivity index (χ0v) is 41.1. The van der Waals surface area contributed by atoms with Crippen LogP contribution in [0.3, 0.4) is 0 Å². The number of hydrogen-bond acceptors (Lipinski definition) is 17. The molecule has 20 nitrogen and oxygen atoms in total. The van der Waals surface area contributed by atoms with Gasteiger partial charge in [0.2, 0.25) is 5.88 Å². The minimum atomic E-state index is -0.928. The summed E-state index contributed by atoms with van der Waals surface area (Å²) in [5.41, 5.74) is 11.4. The summed E-state index contributed by atoms with van der Waals surface area (Å²) in [6.45, 7) is 6.39. The number of Topliss-reactive ketones (excluding diaryl/α,β-unsaturated/α-hetero) is 1. The molecule has 8 N–H and O–H groups in total. The number of aliphatic hydroxyl groups excluding tert-OH is 3. The lowest BCUT2D eigenvalue weighted by atomic mass is 10.1. The van der Waals surface area contributed by atoms with E-state index in [1.807, 2.05) is 31.2 Å². The molecule has 2 amide bonds. The smallest absolute Gasteiger partial charge is 0.251 e. The summed E-state index contributed by atoms with van der Waals surface area (Å²) in [5.74, 6) is 0.871. The highest BCUT2D eigenvalue weighted by Crippen LogP contribution is 2.24. The van der Waals surface area contributed by atoms with E-state index in [1.165, 1.54) is 0 Å². The highest BCUT2D eigenvalue weighted by Gasteiger charge is 2.14. The highest BCUT2D eigenvalue weighted by atomic mass is 16.5. The van der Waals surface area contributed by atoms with Crippen LogP contribution in [0.25, 0.3) is 11.3 Å². The van der Waals surface area contributed by atoms with Gasteiger partial charge in [-0.15, -0.1) is 5.10 Å². The van der Waals surface area contributed by atoms with Gasteiger partial charge in [-0.05, 0) is 111 Å². The topological polar surface area (TPSA) is 279 Å². The van der Waals surface area contributed by atoms with E-state index in [9.17, 15) is 29.7 Å². The second-order valence-electron chi connectivity index (χ2n) is 17.1. The van der Waals surface area contributed by atoms with Crippen LogP contribution in [-0.2, 0) is 22.6 Å². The zero-order chi connectivity index (χ0) is 51.8. The zero-order valence-electron chi connectivity index (χ0n) is 41.1. The minimum absolute atomic E-state index is 0.00322. The number of rotatable bonds is 31. The predicted octanol–water partition coefficient (Wildman–Crippen LogP) is 5.63. The first kappa shape index (κ1) is 55.0. The van der Waals surface area contributed by atoms with Crippen LogP contribution in [-0.4, -0.2) is 130 Å². The van der Waals surface area contributed by atoms with Gasteiger partial charge in [0.25, 0.3) is 11.8 Å². The van der Waals surface area contributed by atoms with E-state index in [-0.39, 0.29) is 57.0 Å². The van der Waals surface area contributed by atoms with Crippen molar-refractivity contribution in [2.24, 2.45) is 16.0 Å². The van der Waals surface area contributed by atoms with E-state index in [0.717, 1.165) is 11.3 Å². The molecule has 0 fully saturated rings. The molecule has 0 aliphatic rings. The Morgan fingerprint density at radius 1 is 0.726 bits per heavy atom. The molecule has 6 aromatic rings. The summed E-state index contributed by atoms with van der Waals surface area (Å²) in [5, 5.41) is 55.0. The molecule has 73 heavy (non-hydrogen) atoms. The van der Waals surface area contributed by atoms with Gasteiger partial charge in [-0.3, -0.25) is 19.1 Å². The lowest BCUT2D eigenvalue weighted by Crippen LogP contribution is -2.35. The molecule has 20 heteroatoms. The van der Waals surface area contributed by atoms with Gasteiger partial charge in [0.05, 0.1) is 68.9 Å². The molecular weight excluding hydrogens is 937 g/mol. The molecule has 6 rings (SSSR count). The first-order chi connectivity index (χ1) is 35.4. The summed E-state index contributed by atoms with van der Waals surface area (Å²) >= 11 is 0. The lowest BCUT2D eigenvalue weighted by Gasteiger charge is -2.14. The van der Waals surface area contributed by atoms with E-state index in [1.54, 1.807) is 103 Å². The van der Waals surface area contributed by atoms with Crippen LogP contribution in [0.4, 0.5) is 11.4 Å². The number of nitrogens with one attached hydrogen (secondary N) is 3. The van der Waals surface area contributed by atoms with E-state index in [2.05, 4.69) is 41.5 Å². The van der Waals surface area contributed by atoms with Crippen molar-refractivity contribution in [2.75, 3.05) is 59.2 Å². The summed E-state index contributed by atoms with van der Waals surface area (Å²) in [7, 11) is 0. The molecule has 0 aliphatic heterocycles. The van der Waals surface area contributed by atoms with Crippen LogP contribution in [0.1, 0.15) is 68.5 Å². The molecule has 0 aliphatic carbocycles. The third-order valence-electron chi connectivity index (χ3n) is 10.8. The summed E-state index contributed by atoms with van der Waals surface area (Å²) in [6, 6.07) is 31.6. The van der Waals surface area contributed by atoms with Crippen molar-refractivity contribution in [1.82, 2.24) is 35.9 Å². The summed E-state index contributed by atoms with van der Waals surface area (Å²) < 4.78 is 24.3. The Kier molecular flexibility index (Phi) is 22.1. The van der Waals surface area contributed by atoms with Crippen molar-refractivity contribution in [3.8, 4) is 28.6 Å². The van der Waals surface area contributed by atoms with Gasteiger partial charge in [0, 0.05) is 86.1 Å². The third kappa shape index (κ3) is 19.3. The Morgan fingerprint density at radius 3 is 2.11 bits per heavy atom. The first-order valence-electron chi connectivity index (χ1n) is 24.1. The predicted molar refractivity (Wildman–Crippen MR) is 272 cm³/mol. The van der Waals surface area contributed by atoms with Crippen LogP contribution >= 0.6 is 0 Å². The van der Waals surface area contributed by atoms with Crippen LogP contribution in [0.2, 0.25) is 0 Å². The maximum Gasteiger partial charge on any atom is 0.251 e. The number of azo groups is 1. The molecule has 0 radical (unpaired) electrons. The number of ether oxygens (including phenoxy) is 4. The average molecular weight is 1000 g/mol. The third-order valence-corrected chi connectivity index (χ3v) is 10.8. The molecule has 0 spiro atoms. The normalized spacial score (nSPS) is 12.6. The van der Waals surface area contributed by atoms with Crippen LogP contribution in [0.15, 0.2) is 126 Å². The molecular formula is C53H64N10O10. The summed E-state index contributed by atoms with van der Waals surface area (Å²) in [6.07, 6.45) is 1.04. The van der Waals surface area contributed by atoms with Crippen molar-refractivity contribution in [2.45, 2.75) is 64.5 Å². The number of aliphatic hydroxyl groups is 3. The Labute approximate surface area is 424 Å². The van der Waals surface area contributed by atoms with E-state index >= 15 is 0 Å². The number of ketones is 1. The average Bonchev–Trinajstić information content (AvgIpc) is 3.88. The molecule has 0 bridgehead atoms. The highest BCUT2D eigenvalue weighted by molar-refractivity contribution is 5.97. The van der Waals surface area contributed by atoms with Crippen molar-refractivity contribution in [3.05, 3.63) is 143 Å². The number of aryl methyl sites for hydroxylation is 2. The monoisotopic (exact) mass is 1000 g/mol. The fourth-order valence-electron chi connectivity index (χ4n) is 7.06. The van der Waals surface area contributed by atoms with Crippen LogP contribution in [0, 0.1) is 6.92 Å². The van der Waals surface area contributed by atoms with Gasteiger partial charge >= 0.3 is 0 Å². The SMILES string of the molecule is Cc1cc(CN)cc(Oc2cccc(C(=O)NCCCC(=O)c3ccc(N=Nc4ccc(OCCCn5cc(-c6cccc(C(=O)NCC(O)COCCOCC(O)CNCC(C)O)c6)nn5)cc4)cc3)c2)n1. The van der Waals surface area contributed by atoms with Gasteiger partial charge in [-0.1, -0.05) is 23.4 Å². The van der Waals surface area contributed by atoms with Gasteiger partial charge in [-0.25, -0.2) is 4.98 Å². The molecule has 2 heterocycles. The lowest BCUT2D eigenvalue weighted by molar-refractivity contribution is -0.0161. The Morgan fingerprint density at radius 2 is 1.40 bits per heavy atom. The number of amides is 2. The second kappa shape index (κ2) is 29.3. The number of carbonyl (C=O) groups excluding carboxylic acids is 3. The van der Waals surface area contributed by atoms with Gasteiger partial charge < -0.3 is 56.0 Å². The summed E-state index contributed by atoms with van der Waals surface area (Å²) in [4.78, 5) is 42.9. The number of pyridine rings is 1. The van der Waals surface area contributed by atoms with E-state index in [4.69, 9.17) is 24.7 Å². The number of aromatic nitrogens is 4. The molecule has 3 atom stereocenters. The number of nitrogens with two attached hydrogens (primary N) is 1. The Bertz CT molecular complexity index is 2700. The molecule has 3 unspecified atom stereocenters. The van der Waals surface area contributed by atoms with Gasteiger partial charge in [0.1, 0.15) is 17.2 Å². The van der Waals surface area contributed by atoms with Crippen LogP contribution < -0.4 is 31.2 Å². The number of carbonyl (C=O) groups is 3. The molecule has 4 aromatic carbocycles. The van der Waals surface area contributed by atoms with Crippen molar-refractivity contribution >= 4 is 29.0 Å². The maximum absolute atomic E-state index is 12.9. The number of nitrogens with zero attached hydrogens (tertiary/aromatic N) is 6. The standard InChI is InChI=1S/C53H64N10O10/c1-36-25-38(29-54)26-51(58-36)73-48-10-4-9-42(28-48)52(68)56-20-5-11-50(67)39-12-14-43(15-13-39)59-60-44-16-18-47(19-17-44)72-22-6-21-63-33-49(61-62-63)40-7-3-8-41(27-40)53(69)57-32-46(66)35-71-24-23-70-34-45(65)31-55-30-37(2)64/h3-4,7-10,12-19,25-28,33,37,45-46,55,64-66H,5-6,11,20-24,29-32,34-35,54H2,1-2H3,(H,56,68)(H,57,69). The fraction of sp³-hybridized carbons (Fsp3) is 0.358. The van der Waals surface area contributed by atoms with Gasteiger partial charge in [0.15, 0.2) is 5.78 Å². The van der Waals surface area contributed by atoms with Crippen molar-refractivity contribution < 1.29 is 48.7 Å².